The number of allylic oxidation sites excluding steroid dienone is 1. The van der Waals surface area contributed by atoms with E-state index in [0.717, 1.165) is 5.75 Å². The first kappa shape index (κ1) is 16.4. The minimum Gasteiger partial charge on any atom is -0.494 e. The molecule has 0 aromatic heterocycles. The Hall–Kier alpha value is -1.97. The monoisotopic (exact) mass is 335 g/mol. The third-order valence-electron chi connectivity index (χ3n) is 2.80. The van der Waals surface area contributed by atoms with Gasteiger partial charge in [-0.05, 0) is 49.4 Å². The van der Waals surface area contributed by atoms with Gasteiger partial charge in [0.05, 0.1) is 6.61 Å². The quantitative estimate of drug-likeness (QED) is 0.582. The Balaban J connectivity index is 1.98. The van der Waals surface area contributed by atoms with Crippen molar-refractivity contribution in [2.45, 2.75) is 6.92 Å². The molecule has 0 aliphatic rings. The third kappa shape index (κ3) is 4.79. The summed E-state index contributed by atoms with van der Waals surface area (Å²) in [5.41, 5.74) is 1.30. The number of halogens is 2. The van der Waals surface area contributed by atoms with E-state index in [2.05, 4.69) is 5.32 Å². The first-order valence-corrected chi connectivity index (χ1v) is 7.50. The Bertz CT molecular complexity index is 661. The van der Waals surface area contributed by atoms with Gasteiger partial charge in [-0.3, -0.25) is 4.79 Å². The predicted octanol–water partition coefficient (Wildman–Crippen LogP) is 5.20. The number of nitrogens with one attached hydrogen (secondary N) is 1. The minimum absolute atomic E-state index is 0.108. The highest BCUT2D eigenvalue weighted by Gasteiger charge is 2.02. The summed E-state index contributed by atoms with van der Waals surface area (Å²) in [6.07, 6.45) is 3.01. The molecule has 0 saturated heterocycles. The van der Waals surface area contributed by atoms with Crippen molar-refractivity contribution in [1.29, 1.82) is 0 Å². The van der Waals surface area contributed by atoms with Crippen molar-refractivity contribution < 1.29 is 9.53 Å². The van der Waals surface area contributed by atoms with Crippen LogP contribution in [0.2, 0.25) is 10.0 Å². The standard InChI is InChI=1S/C17H15Cl2NO2/c1-2-22-16-5-3-12(4-6-16)17(21)7-8-20-15-10-13(18)9-14(19)11-15/h3-11,20H,2H2,1H3. The van der Waals surface area contributed by atoms with Crippen LogP contribution in [0, 0.1) is 0 Å². The Morgan fingerprint density at radius 2 is 1.77 bits per heavy atom. The zero-order chi connectivity index (χ0) is 15.9. The van der Waals surface area contributed by atoms with Gasteiger partial charge < -0.3 is 10.1 Å². The molecule has 2 aromatic carbocycles. The lowest BCUT2D eigenvalue weighted by molar-refractivity contribution is 0.104. The highest BCUT2D eigenvalue weighted by molar-refractivity contribution is 6.35. The van der Waals surface area contributed by atoms with E-state index in [1.54, 1.807) is 48.7 Å². The molecule has 0 atom stereocenters. The Kier molecular flexibility index (Phi) is 5.87. The molecule has 0 spiro atoms. The molecule has 2 rings (SSSR count). The van der Waals surface area contributed by atoms with Crippen LogP contribution in [0.1, 0.15) is 17.3 Å². The van der Waals surface area contributed by atoms with Gasteiger partial charge in [-0.25, -0.2) is 0 Å². The fourth-order valence-corrected chi connectivity index (χ4v) is 2.36. The number of hydrogen-bond acceptors (Lipinski definition) is 3. The van der Waals surface area contributed by atoms with Crippen LogP contribution in [-0.2, 0) is 0 Å². The maximum atomic E-state index is 12.0. The van der Waals surface area contributed by atoms with Gasteiger partial charge >= 0.3 is 0 Å². The third-order valence-corrected chi connectivity index (χ3v) is 3.23. The predicted molar refractivity (Wildman–Crippen MR) is 91.2 cm³/mol. The Morgan fingerprint density at radius 1 is 1.14 bits per heavy atom. The van der Waals surface area contributed by atoms with Gasteiger partial charge in [0.2, 0.25) is 0 Å². The minimum atomic E-state index is -0.108. The van der Waals surface area contributed by atoms with E-state index >= 15 is 0 Å². The number of benzene rings is 2. The average Bonchev–Trinajstić information content (AvgIpc) is 2.47. The van der Waals surface area contributed by atoms with Gasteiger partial charge in [-0.2, -0.15) is 0 Å². The second-order valence-corrected chi connectivity index (χ2v) is 5.33. The molecule has 22 heavy (non-hydrogen) atoms. The van der Waals surface area contributed by atoms with Crippen LogP contribution in [0.4, 0.5) is 5.69 Å². The molecule has 1 N–H and O–H groups in total. The van der Waals surface area contributed by atoms with E-state index in [1.165, 1.54) is 6.08 Å². The van der Waals surface area contributed by atoms with Crippen LogP contribution < -0.4 is 10.1 Å². The maximum Gasteiger partial charge on any atom is 0.187 e. The van der Waals surface area contributed by atoms with Crippen LogP contribution >= 0.6 is 23.2 Å². The normalized spacial score (nSPS) is 10.7. The summed E-state index contributed by atoms with van der Waals surface area (Å²) in [7, 11) is 0. The number of ether oxygens (including phenoxy) is 1. The Labute approximate surface area is 139 Å². The lowest BCUT2D eigenvalue weighted by Gasteiger charge is -2.04. The summed E-state index contributed by atoms with van der Waals surface area (Å²) in [5.74, 6) is 0.637. The zero-order valence-corrected chi connectivity index (χ0v) is 13.5. The molecular formula is C17H15Cl2NO2. The first-order valence-electron chi connectivity index (χ1n) is 6.75. The topological polar surface area (TPSA) is 38.3 Å². The molecule has 0 amide bonds. The molecular weight excluding hydrogens is 321 g/mol. The number of rotatable bonds is 6. The van der Waals surface area contributed by atoms with E-state index in [-0.39, 0.29) is 5.78 Å². The molecule has 3 nitrogen and oxygen atoms in total. The van der Waals surface area contributed by atoms with Crippen LogP contribution in [0.15, 0.2) is 54.7 Å². The number of carbonyl (C=O) groups is 1. The fraction of sp³-hybridized carbons (Fsp3) is 0.118. The molecule has 5 heteroatoms. The van der Waals surface area contributed by atoms with Gasteiger partial charge in [-0.15, -0.1) is 0 Å². The SMILES string of the molecule is CCOc1ccc(C(=O)C=CNc2cc(Cl)cc(Cl)c2)cc1. The van der Waals surface area contributed by atoms with Gasteiger partial charge in [0.15, 0.2) is 5.78 Å². The van der Waals surface area contributed by atoms with E-state index < -0.39 is 0 Å². The summed E-state index contributed by atoms with van der Waals surface area (Å²) >= 11 is 11.8. The van der Waals surface area contributed by atoms with Crippen molar-refractivity contribution in [1.82, 2.24) is 0 Å². The molecule has 0 aliphatic carbocycles. The molecule has 2 aromatic rings. The van der Waals surface area contributed by atoms with Crippen molar-refractivity contribution in [2.75, 3.05) is 11.9 Å². The number of anilines is 1. The fourth-order valence-electron chi connectivity index (χ4n) is 1.83. The zero-order valence-electron chi connectivity index (χ0n) is 12.0. The van der Waals surface area contributed by atoms with Crippen LogP contribution in [0.25, 0.3) is 0 Å². The highest BCUT2D eigenvalue weighted by atomic mass is 35.5. The lowest BCUT2D eigenvalue weighted by atomic mass is 10.1. The second kappa shape index (κ2) is 7.87. The van der Waals surface area contributed by atoms with Gasteiger partial charge in [0, 0.05) is 33.6 Å². The molecule has 0 aliphatic heterocycles. The molecule has 0 bridgehead atoms. The number of ketones is 1. The van der Waals surface area contributed by atoms with Gasteiger partial charge in [0.25, 0.3) is 0 Å². The maximum absolute atomic E-state index is 12.0. The molecule has 0 fully saturated rings. The van der Waals surface area contributed by atoms with E-state index in [9.17, 15) is 4.79 Å². The van der Waals surface area contributed by atoms with Crippen molar-refractivity contribution in [3.8, 4) is 5.75 Å². The molecule has 0 radical (unpaired) electrons. The van der Waals surface area contributed by atoms with Gasteiger partial charge in [-0.1, -0.05) is 23.2 Å². The summed E-state index contributed by atoms with van der Waals surface area (Å²) in [6, 6.07) is 12.1. The summed E-state index contributed by atoms with van der Waals surface area (Å²) in [6.45, 7) is 2.51. The first-order chi connectivity index (χ1) is 10.6. The van der Waals surface area contributed by atoms with Crippen molar-refractivity contribution in [3.63, 3.8) is 0 Å². The summed E-state index contributed by atoms with van der Waals surface area (Å²) in [5, 5.41) is 4.02. The van der Waals surface area contributed by atoms with Crippen molar-refractivity contribution in [2.24, 2.45) is 0 Å². The van der Waals surface area contributed by atoms with Crippen molar-refractivity contribution in [3.05, 3.63) is 70.3 Å². The van der Waals surface area contributed by atoms with Crippen molar-refractivity contribution >= 4 is 34.7 Å². The smallest absolute Gasteiger partial charge is 0.187 e. The molecule has 0 unspecified atom stereocenters. The second-order valence-electron chi connectivity index (χ2n) is 4.46. The summed E-state index contributed by atoms with van der Waals surface area (Å²) in [4.78, 5) is 12.0. The molecule has 0 saturated carbocycles. The molecule has 0 heterocycles. The number of hydrogen-bond donors (Lipinski definition) is 1. The summed E-state index contributed by atoms with van der Waals surface area (Å²) < 4.78 is 5.34. The number of carbonyl (C=O) groups excluding carboxylic acids is 1. The largest absolute Gasteiger partial charge is 0.494 e. The van der Waals surface area contributed by atoms with E-state index in [0.29, 0.717) is 27.9 Å². The van der Waals surface area contributed by atoms with Crippen LogP contribution in [-0.4, -0.2) is 12.4 Å². The highest BCUT2D eigenvalue weighted by Crippen LogP contribution is 2.22. The van der Waals surface area contributed by atoms with Crippen LogP contribution in [0.3, 0.4) is 0 Å². The van der Waals surface area contributed by atoms with E-state index in [4.69, 9.17) is 27.9 Å². The Morgan fingerprint density at radius 3 is 2.36 bits per heavy atom. The molecule has 114 valence electrons. The average molecular weight is 336 g/mol. The lowest BCUT2D eigenvalue weighted by Crippen LogP contribution is -1.97. The van der Waals surface area contributed by atoms with E-state index in [1.807, 2.05) is 6.92 Å². The van der Waals surface area contributed by atoms with Gasteiger partial charge in [0.1, 0.15) is 5.75 Å². The van der Waals surface area contributed by atoms with Crippen LogP contribution in [0.5, 0.6) is 5.75 Å².